The van der Waals surface area contributed by atoms with Crippen LogP contribution in [-0.4, -0.2) is 45.1 Å². The Morgan fingerprint density at radius 1 is 1.30 bits per heavy atom. The summed E-state index contributed by atoms with van der Waals surface area (Å²) >= 11 is 0. The van der Waals surface area contributed by atoms with E-state index in [1.807, 2.05) is 19.9 Å². The maximum absolute atomic E-state index is 12.3. The van der Waals surface area contributed by atoms with Crippen LogP contribution in [-0.2, 0) is 16.4 Å². The quantitative estimate of drug-likeness (QED) is 0.846. The van der Waals surface area contributed by atoms with Crippen LogP contribution in [0.15, 0.2) is 18.2 Å². The number of nitrogens with zero attached hydrogens (tertiary/aromatic N) is 2. The van der Waals surface area contributed by atoms with Crippen LogP contribution in [0, 0.1) is 0 Å². The number of sulfonamides is 1. The minimum atomic E-state index is -3.24. The van der Waals surface area contributed by atoms with Gasteiger partial charge in [-0.05, 0) is 44.0 Å². The molecule has 0 bridgehead atoms. The van der Waals surface area contributed by atoms with Gasteiger partial charge in [-0.15, -0.1) is 0 Å². The molecule has 1 aliphatic rings. The lowest BCUT2D eigenvalue weighted by Crippen LogP contribution is -2.30. The first-order valence-electron chi connectivity index (χ1n) is 6.78. The molecule has 1 aromatic rings. The van der Waals surface area contributed by atoms with Crippen molar-refractivity contribution in [3.05, 3.63) is 29.3 Å². The largest absolute Gasteiger partial charge is 0.339 e. The van der Waals surface area contributed by atoms with Crippen molar-refractivity contribution in [3.8, 4) is 0 Å². The first-order chi connectivity index (χ1) is 9.38. The van der Waals surface area contributed by atoms with Crippen LogP contribution >= 0.6 is 0 Å². The van der Waals surface area contributed by atoms with Crippen LogP contribution in [0.25, 0.3) is 0 Å². The van der Waals surface area contributed by atoms with Crippen molar-refractivity contribution >= 4 is 21.6 Å². The van der Waals surface area contributed by atoms with Crippen molar-refractivity contribution < 1.29 is 13.2 Å². The number of amides is 1. The Morgan fingerprint density at radius 2 is 1.95 bits per heavy atom. The first-order valence-corrected chi connectivity index (χ1v) is 8.63. The monoisotopic (exact) mass is 296 g/mol. The van der Waals surface area contributed by atoms with Crippen LogP contribution in [0.3, 0.4) is 0 Å². The summed E-state index contributed by atoms with van der Waals surface area (Å²) in [4.78, 5) is 14.0. The van der Waals surface area contributed by atoms with Gasteiger partial charge in [-0.1, -0.05) is 0 Å². The molecule has 0 radical (unpaired) electrons. The van der Waals surface area contributed by atoms with Gasteiger partial charge in [0, 0.05) is 25.2 Å². The Balaban J connectivity index is 2.33. The molecule has 0 fully saturated rings. The number of carbonyl (C=O) groups excluding carboxylic acids is 1. The third-order valence-corrected chi connectivity index (χ3v) is 4.81. The van der Waals surface area contributed by atoms with Gasteiger partial charge in [0.25, 0.3) is 5.91 Å². The second-order valence-electron chi connectivity index (χ2n) is 4.91. The Bertz CT molecular complexity index is 621. The lowest BCUT2D eigenvalue weighted by Gasteiger charge is -2.20. The molecule has 110 valence electrons. The fourth-order valence-electron chi connectivity index (χ4n) is 2.54. The highest BCUT2D eigenvalue weighted by Crippen LogP contribution is 2.30. The van der Waals surface area contributed by atoms with E-state index in [0.29, 0.717) is 37.3 Å². The molecule has 0 saturated heterocycles. The summed E-state index contributed by atoms with van der Waals surface area (Å²) in [6.45, 7) is 5.68. The van der Waals surface area contributed by atoms with Gasteiger partial charge in [-0.2, -0.15) is 0 Å². The number of carbonyl (C=O) groups is 1. The highest BCUT2D eigenvalue weighted by molar-refractivity contribution is 7.92. The van der Waals surface area contributed by atoms with Gasteiger partial charge in [0.05, 0.1) is 11.9 Å². The summed E-state index contributed by atoms with van der Waals surface area (Å²) in [7, 11) is -3.24. The highest BCUT2D eigenvalue weighted by atomic mass is 32.2. The molecule has 20 heavy (non-hydrogen) atoms. The number of fused-ring (bicyclic) bond motifs is 1. The fourth-order valence-corrected chi connectivity index (χ4v) is 3.50. The van der Waals surface area contributed by atoms with E-state index in [1.54, 1.807) is 17.0 Å². The van der Waals surface area contributed by atoms with Gasteiger partial charge in [0.2, 0.25) is 10.0 Å². The van der Waals surface area contributed by atoms with E-state index < -0.39 is 10.0 Å². The third kappa shape index (κ3) is 2.65. The predicted molar refractivity (Wildman–Crippen MR) is 79.6 cm³/mol. The van der Waals surface area contributed by atoms with Crippen molar-refractivity contribution in [2.45, 2.75) is 20.3 Å². The zero-order chi connectivity index (χ0) is 14.9. The molecule has 0 unspecified atom stereocenters. The molecule has 5 nitrogen and oxygen atoms in total. The number of hydrogen-bond donors (Lipinski definition) is 0. The summed E-state index contributed by atoms with van der Waals surface area (Å²) in [6.07, 6.45) is 1.86. The molecule has 1 amide bonds. The Hall–Kier alpha value is -1.56. The van der Waals surface area contributed by atoms with Crippen molar-refractivity contribution in [1.82, 2.24) is 4.90 Å². The van der Waals surface area contributed by atoms with Crippen molar-refractivity contribution in [1.29, 1.82) is 0 Å². The summed E-state index contributed by atoms with van der Waals surface area (Å²) in [5.74, 6) is -0.00407. The topological polar surface area (TPSA) is 57.7 Å². The fraction of sp³-hybridized carbons (Fsp3) is 0.500. The predicted octanol–water partition coefficient (Wildman–Crippen LogP) is 1.49. The second kappa shape index (κ2) is 5.44. The van der Waals surface area contributed by atoms with E-state index >= 15 is 0 Å². The molecule has 1 heterocycles. The van der Waals surface area contributed by atoms with E-state index in [9.17, 15) is 13.2 Å². The molecule has 0 aromatic heterocycles. The lowest BCUT2D eigenvalue weighted by molar-refractivity contribution is 0.0773. The summed E-state index contributed by atoms with van der Waals surface area (Å²) in [5.41, 5.74) is 2.25. The van der Waals surface area contributed by atoms with Crippen LogP contribution in [0.1, 0.15) is 29.8 Å². The molecule has 0 saturated carbocycles. The maximum Gasteiger partial charge on any atom is 0.253 e. The van der Waals surface area contributed by atoms with Crippen LogP contribution in [0.5, 0.6) is 0 Å². The van der Waals surface area contributed by atoms with Crippen molar-refractivity contribution in [2.75, 3.05) is 30.2 Å². The van der Waals surface area contributed by atoms with Gasteiger partial charge >= 0.3 is 0 Å². The van der Waals surface area contributed by atoms with Crippen LogP contribution in [0.2, 0.25) is 0 Å². The van der Waals surface area contributed by atoms with Gasteiger partial charge in [0.15, 0.2) is 0 Å². The molecule has 0 spiro atoms. The average Bonchev–Trinajstić information content (AvgIpc) is 2.82. The zero-order valence-electron chi connectivity index (χ0n) is 12.1. The van der Waals surface area contributed by atoms with E-state index in [4.69, 9.17) is 0 Å². The van der Waals surface area contributed by atoms with Gasteiger partial charge in [-0.3, -0.25) is 9.10 Å². The van der Waals surface area contributed by atoms with E-state index in [-0.39, 0.29) is 5.91 Å². The molecular weight excluding hydrogens is 276 g/mol. The molecule has 0 N–H and O–H groups in total. The molecular formula is C14H20N2O3S. The smallest absolute Gasteiger partial charge is 0.253 e. The number of anilines is 1. The average molecular weight is 296 g/mol. The maximum atomic E-state index is 12.3. The third-order valence-electron chi connectivity index (χ3n) is 3.63. The van der Waals surface area contributed by atoms with E-state index in [0.717, 1.165) is 5.56 Å². The minimum Gasteiger partial charge on any atom is -0.339 e. The Labute approximate surface area is 120 Å². The summed E-state index contributed by atoms with van der Waals surface area (Å²) < 4.78 is 24.7. The normalized spacial score (nSPS) is 14.2. The molecule has 1 aromatic carbocycles. The standard InChI is InChI=1S/C14H20N2O3S/c1-4-15(5-2)14(17)12-6-7-13-11(10-12)8-9-16(13)20(3,18)19/h6-7,10H,4-5,8-9H2,1-3H3. The van der Waals surface area contributed by atoms with Crippen LogP contribution in [0.4, 0.5) is 5.69 Å². The second-order valence-corrected chi connectivity index (χ2v) is 6.81. The van der Waals surface area contributed by atoms with Crippen LogP contribution < -0.4 is 4.31 Å². The van der Waals surface area contributed by atoms with Crippen molar-refractivity contribution in [2.24, 2.45) is 0 Å². The van der Waals surface area contributed by atoms with Gasteiger partial charge < -0.3 is 4.90 Å². The Kier molecular flexibility index (Phi) is 4.04. The SMILES string of the molecule is CCN(CC)C(=O)c1ccc2c(c1)CCN2S(C)(=O)=O. The Morgan fingerprint density at radius 3 is 2.50 bits per heavy atom. The molecule has 0 atom stereocenters. The first kappa shape index (κ1) is 14.8. The zero-order valence-corrected chi connectivity index (χ0v) is 12.9. The van der Waals surface area contributed by atoms with Gasteiger partial charge in [-0.25, -0.2) is 8.42 Å². The number of rotatable bonds is 4. The summed E-state index contributed by atoms with van der Waals surface area (Å²) in [5, 5.41) is 0. The molecule has 6 heteroatoms. The van der Waals surface area contributed by atoms with Crippen molar-refractivity contribution in [3.63, 3.8) is 0 Å². The molecule has 2 rings (SSSR count). The number of hydrogen-bond acceptors (Lipinski definition) is 3. The molecule has 1 aliphatic heterocycles. The minimum absolute atomic E-state index is 0.00407. The number of benzene rings is 1. The van der Waals surface area contributed by atoms with E-state index in [1.165, 1.54) is 10.6 Å². The lowest BCUT2D eigenvalue weighted by atomic mass is 10.1. The van der Waals surface area contributed by atoms with Gasteiger partial charge in [0.1, 0.15) is 0 Å². The summed E-state index contributed by atoms with van der Waals surface area (Å²) in [6, 6.07) is 5.27. The van der Waals surface area contributed by atoms with E-state index in [2.05, 4.69) is 0 Å². The molecule has 0 aliphatic carbocycles. The highest BCUT2D eigenvalue weighted by Gasteiger charge is 2.27.